The Labute approximate surface area is 155 Å². The van der Waals surface area contributed by atoms with Crippen LogP contribution in [0.15, 0.2) is 47.5 Å². The minimum Gasteiger partial charge on any atom is -0.297 e. The van der Waals surface area contributed by atoms with Gasteiger partial charge in [0.25, 0.3) is 5.56 Å². The molecule has 142 valence electrons. The van der Waals surface area contributed by atoms with Crippen LogP contribution in [0.4, 0.5) is 13.2 Å². The van der Waals surface area contributed by atoms with Crippen LogP contribution in [0.2, 0.25) is 0 Å². The summed E-state index contributed by atoms with van der Waals surface area (Å²) in [6.45, 7) is -0.0516. The predicted octanol–water partition coefficient (Wildman–Crippen LogP) is 3.70. The predicted molar refractivity (Wildman–Crippen MR) is 97.2 cm³/mol. The summed E-state index contributed by atoms with van der Waals surface area (Å²) >= 11 is 0. The second-order valence-corrected chi connectivity index (χ2v) is 6.36. The molecule has 0 bridgehead atoms. The molecule has 0 unspecified atom stereocenters. The molecule has 3 aromatic heterocycles. The van der Waals surface area contributed by atoms with Gasteiger partial charge < -0.3 is 0 Å². The Morgan fingerprint density at radius 3 is 2.68 bits per heavy atom. The third-order valence-electron chi connectivity index (χ3n) is 4.46. The molecule has 0 saturated carbocycles. The van der Waals surface area contributed by atoms with Crippen LogP contribution in [0.3, 0.4) is 0 Å². The lowest BCUT2D eigenvalue weighted by molar-refractivity contribution is -0.140. The van der Waals surface area contributed by atoms with Crippen molar-refractivity contribution in [1.29, 1.82) is 0 Å². The molecule has 6 nitrogen and oxygen atoms in total. The van der Waals surface area contributed by atoms with Crippen LogP contribution in [0.1, 0.15) is 17.3 Å². The van der Waals surface area contributed by atoms with Gasteiger partial charge in [0, 0.05) is 17.3 Å². The lowest BCUT2D eigenvalue weighted by Gasteiger charge is -2.14. The van der Waals surface area contributed by atoms with Crippen molar-refractivity contribution >= 4 is 27.7 Å². The van der Waals surface area contributed by atoms with Crippen LogP contribution in [0, 0.1) is 0 Å². The van der Waals surface area contributed by atoms with E-state index < -0.39 is 18.3 Å². The van der Waals surface area contributed by atoms with E-state index in [2.05, 4.69) is 15.2 Å². The van der Waals surface area contributed by atoms with Gasteiger partial charge in [-0.3, -0.25) is 24.2 Å². The molecule has 0 saturated heterocycles. The van der Waals surface area contributed by atoms with Crippen molar-refractivity contribution in [2.45, 2.75) is 19.6 Å². The van der Waals surface area contributed by atoms with E-state index in [1.54, 1.807) is 24.3 Å². The summed E-state index contributed by atoms with van der Waals surface area (Å²) in [7, 11) is 0. The lowest BCUT2D eigenvalue weighted by atomic mass is 9.98. The highest BCUT2D eigenvalue weighted by Gasteiger charge is 2.30. The van der Waals surface area contributed by atoms with Crippen LogP contribution >= 0.6 is 0 Å². The summed E-state index contributed by atoms with van der Waals surface area (Å²) in [6, 6.07) is 8.16. The monoisotopic (exact) mass is 386 g/mol. The van der Waals surface area contributed by atoms with Crippen molar-refractivity contribution < 1.29 is 18.0 Å². The fourth-order valence-corrected chi connectivity index (χ4v) is 3.26. The van der Waals surface area contributed by atoms with E-state index in [-0.39, 0.29) is 27.7 Å². The van der Waals surface area contributed by atoms with Gasteiger partial charge in [-0.1, -0.05) is 24.3 Å². The Hall–Kier alpha value is -3.49. The number of carbonyl (C=O) groups is 1. The Bertz CT molecular complexity index is 1290. The number of ketones is 1. The first-order chi connectivity index (χ1) is 13.3. The number of pyridine rings is 2. The Morgan fingerprint density at radius 1 is 1.21 bits per heavy atom. The molecule has 0 atom stereocenters. The second-order valence-electron chi connectivity index (χ2n) is 6.36. The molecule has 28 heavy (non-hydrogen) atoms. The first-order valence-corrected chi connectivity index (χ1v) is 8.29. The van der Waals surface area contributed by atoms with Crippen molar-refractivity contribution in [1.82, 2.24) is 19.7 Å². The van der Waals surface area contributed by atoms with Crippen molar-refractivity contribution in [2.24, 2.45) is 0 Å². The normalized spacial score (nSPS) is 12.0. The standard InChI is InChI=1S/C19H13F3N4O2/c1-10(27)12-4-2-3-5-13(12)11-6-15-17(23-7-11)16-14(8-24-25-16)18(28)26(15)9-19(20,21)22/h2-8H,9H2,1H3,(H,24,25). The van der Waals surface area contributed by atoms with Crippen molar-refractivity contribution in [3.8, 4) is 11.1 Å². The summed E-state index contributed by atoms with van der Waals surface area (Å²) in [5.41, 5.74) is 1.04. The number of Topliss-reactive ketones (excluding diaryl/α,β-unsaturated/α-hetero) is 1. The third kappa shape index (κ3) is 2.94. The average Bonchev–Trinajstić information content (AvgIpc) is 3.14. The molecule has 0 radical (unpaired) electrons. The summed E-state index contributed by atoms with van der Waals surface area (Å²) in [6.07, 6.45) is -1.95. The first kappa shape index (κ1) is 17.9. The average molecular weight is 386 g/mol. The molecule has 0 spiro atoms. The fraction of sp³-hybridized carbons (Fsp3) is 0.158. The van der Waals surface area contributed by atoms with Crippen LogP contribution in [-0.4, -0.2) is 31.7 Å². The van der Waals surface area contributed by atoms with Crippen molar-refractivity contribution in [3.05, 3.63) is 58.6 Å². The number of carbonyl (C=O) groups excluding carboxylic acids is 1. The second kappa shape index (κ2) is 6.29. The molecular formula is C19H13F3N4O2. The quantitative estimate of drug-likeness (QED) is 0.545. The molecule has 0 aliphatic heterocycles. The number of H-pyrrole nitrogens is 1. The largest absolute Gasteiger partial charge is 0.406 e. The number of hydrogen-bond acceptors (Lipinski definition) is 4. The summed E-state index contributed by atoms with van der Waals surface area (Å²) in [4.78, 5) is 28.8. The molecular weight excluding hydrogens is 373 g/mol. The maximum Gasteiger partial charge on any atom is 0.406 e. The van der Waals surface area contributed by atoms with E-state index in [0.29, 0.717) is 21.3 Å². The van der Waals surface area contributed by atoms with Gasteiger partial charge in [0.2, 0.25) is 0 Å². The minimum absolute atomic E-state index is 0.00919. The minimum atomic E-state index is -4.60. The molecule has 1 N–H and O–H groups in total. The van der Waals surface area contributed by atoms with Crippen molar-refractivity contribution in [2.75, 3.05) is 0 Å². The molecule has 0 amide bonds. The molecule has 4 rings (SSSR count). The van der Waals surface area contributed by atoms with Gasteiger partial charge in [-0.05, 0) is 18.6 Å². The number of fused-ring (bicyclic) bond motifs is 3. The Morgan fingerprint density at radius 2 is 1.96 bits per heavy atom. The zero-order valence-electron chi connectivity index (χ0n) is 14.5. The van der Waals surface area contributed by atoms with Gasteiger partial charge in [0.1, 0.15) is 12.1 Å². The first-order valence-electron chi connectivity index (χ1n) is 8.29. The number of hydrogen-bond donors (Lipinski definition) is 1. The highest BCUT2D eigenvalue weighted by Crippen LogP contribution is 2.29. The van der Waals surface area contributed by atoms with E-state index in [1.165, 1.54) is 25.4 Å². The van der Waals surface area contributed by atoms with Gasteiger partial charge >= 0.3 is 6.18 Å². The van der Waals surface area contributed by atoms with E-state index >= 15 is 0 Å². The zero-order valence-corrected chi connectivity index (χ0v) is 14.5. The molecule has 1 aromatic carbocycles. The third-order valence-corrected chi connectivity index (χ3v) is 4.46. The summed E-state index contributed by atoms with van der Waals surface area (Å²) < 4.78 is 40.0. The topological polar surface area (TPSA) is 80.6 Å². The summed E-state index contributed by atoms with van der Waals surface area (Å²) in [5.74, 6) is -0.188. The smallest absolute Gasteiger partial charge is 0.297 e. The van der Waals surface area contributed by atoms with Crippen LogP contribution < -0.4 is 5.56 Å². The number of halogens is 3. The molecule has 9 heteroatoms. The van der Waals surface area contributed by atoms with Gasteiger partial charge in [0.15, 0.2) is 5.78 Å². The van der Waals surface area contributed by atoms with Gasteiger partial charge in [0.05, 0.1) is 22.6 Å². The van der Waals surface area contributed by atoms with Crippen molar-refractivity contribution in [3.63, 3.8) is 0 Å². The SMILES string of the molecule is CC(=O)c1ccccc1-c1cnc2c3[nH]ncc3c(=O)n(CC(F)(F)F)c2c1. The maximum atomic E-state index is 13.1. The zero-order chi connectivity index (χ0) is 20.1. The fourth-order valence-electron chi connectivity index (χ4n) is 3.26. The summed E-state index contributed by atoms with van der Waals surface area (Å²) in [5, 5.41) is 6.41. The number of alkyl halides is 3. The molecule has 3 heterocycles. The number of nitrogens with zero attached hydrogens (tertiary/aromatic N) is 3. The maximum absolute atomic E-state index is 13.1. The van der Waals surface area contributed by atoms with E-state index in [4.69, 9.17) is 0 Å². The highest BCUT2D eigenvalue weighted by atomic mass is 19.4. The lowest BCUT2D eigenvalue weighted by Crippen LogP contribution is -2.28. The van der Waals surface area contributed by atoms with E-state index in [1.807, 2.05) is 0 Å². The molecule has 0 aliphatic rings. The Kier molecular flexibility index (Phi) is 4.02. The number of aromatic nitrogens is 4. The molecule has 4 aromatic rings. The van der Waals surface area contributed by atoms with E-state index in [9.17, 15) is 22.8 Å². The van der Waals surface area contributed by atoms with Gasteiger partial charge in [-0.25, -0.2) is 0 Å². The number of nitrogens with one attached hydrogen (secondary N) is 1. The molecule has 0 fully saturated rings. The van der Waals surface area contributed by atoms with E-state index in [0.717, 1.165) is 0 Å². The van der Waals surface area contributed by atoms with Gasteiger partial charge in [-0.15, -0.1) is 0 Å². The van der Waals surface area contributed by atoms with Crippen LogP contribution in [0.5, 0.6) is 0 Å². The van der Waals surface area contributed by atoms with Crippen LogP contribution in [-0.2, 0) is 6.54 Å². The number of rotatable bonds is 3. The Balaban J connectivity index is 2.07. The van der Waals surface area contributed by atoms with Gasteiger partial charge in [-0.2, -0.15) is 18.3 Å². The number of benzene rings is 1. The number of aromatic amines is 1. The van der Waals surface area contributed by atoms with Crippen LogP contribution in [0.25, 0.3) is 33.1 Å². The molecule has 0 aliphatic carbocycles. The highest BCUT2D eigenvalue weighted by molar-refractivity contribution is 6.04.